The van der Waals surface area contributed by atoms with Gasteiger partial charge in [-0.3, -0.25) is 5.10 Å². The first-order valence-electron chi connectivity index (χ1n) is 7.26. The van der Waals surface area contributed by atoms with Gasteiger partial charge in [-0.1, -0.05) is 24.3 Å². The highest BCUT2D eigenvalue weighted by Gasteiger charge is 2.09. The number of hydrogen-bond acceptors (Lipinski definition) is 4. The van der Waals surface area contributed by atoms with E-state index in [0.717, 1.165) is 22.9 Å². The maximum atomic E-state index is 5.24. The molecule has 2 aromatic carbocycles. The van der Waals surface area contributed by atoms with E-state index < -0.39 is 0 Å². The number of thiophene rings is 1. The fourth-order valence-corrected chi connectivity index (χ4v) is 3.52. The van der Waals surface area contributed by atoms with E-state index in [2.05, 4.69) is 45.2 Å². The van der Waals surface area contributed by atoms with Crippen molar-refractivity contribution in [3.05, 3.63) is 60.0 Å². The molecule has 0 aliphatic rings. The van der Waals surface area contributed by atoms with E-state index in [4.69, 9.17) is 4.74 Å². The van der Waals surface area contributed by atoms with E-state index in [0.29, 0.717) is 0 Å². The standard InChI is InChI=1S/C18H15N3OS/c1-22-13-6-4-5-12(9-13)19-18-10-16(20-21-18)15-11-23-17-8-3-2-7-14(15)17/h2-11H,1H3,(H2,19,20,21). The van der Waals surface area contributed by atoms with Gasteiger partial charge in [0.15, 0.2) is 5.82 Å². The first-order valence-corrected chi connectivity index (χ1v) is 8.14. The molecule has 0 saturated carbocycles. The molecular formula is C18H15N3OS. The Bertz CT molecular complexity index is 957. The summed E-state index contributed by atoms with van der Waals surface area (Å²) in [5.74, 6) is 1.60. The zero-order valence-corrected chi connectivity index (χ0v) is 13.4. The molecule has 0 fully saturated rings. The third kappa shape index (κ3) is 2.66. The summed E-state index contributed by atoms with van der Waals surface area (Å²) >= 11 is 1.74. The van der Waals surface area contributed by atoms with Gasteiger partial charge in [-0.05, 0) is 18.2 Å². The molecule has 0 saturated heterocycles. The lowest BCUT2D eigenvalue weighted by Gasteiger charge is -2.04. The molecule has 2 heterocycles. The molecule has 0 spiro atoms. The van der Waals surface area contributed by atoms with Crippen LogP contribution in [0.2, 0.25) is 0 Å². The fourth-order valence-electron chi connectivity index (χ4n) is 2.56. The van der Waals surface area contributed by atoms with E-state index in [1.54, 1.807) is 18.4 Å². The van der Waals surface area contributed by atoms with Crippen LogP contribution in [0.3, 0.4) is 0 Å². The molecule has 4 rings (SSSR count). The van der Waals surface area contributed by atoms with Crippen LogP contribution in [-0.2, 0) is 0 Å². The molecule has 4 aromatic rings. The maximum absolute atomic E-state index is 5.24. The van der Waals surface area contributed by atoms with Crippen LogP contribution in [0.4, 0.5) is 11.5 Å². The molecule has 2 N–H and O–H groups in total. The van der Waals surface area contributed by atoms with Gasteiger partial charge in [0.05, 0.1) is 12.8 Å². The zero-order chi connectivity index (χ0) is 15.6. The second kappa shape index (κ2) is 5.78. The first kappa shape index (κ1) is 13.8. The second-order valence-electron chi connectivity index (χ2n) is 5.17. The van der Waals surface area contributed by atoms with E-state index in [9.17, 15) is 0 Å². The third-order valence-electron chi connectivity index (χ3n) is 3.69. The van der Waals surface area contributed by atoms with E-state index in [1.165, 1.54) is 15.6 Å². The SMILES string of the molecule is COc1cccc(Nc2cc(-c3csc4ccccc34)[nH]n2)c1. The lowest BCUT2D eigenvalue weighted by atomic mass is 10.1. The monoisotopic (exact) mass is 321 g/mol. The van der Waals surface area contributed by atoms with E-state index in [-0.39, 0.29) is 0 Å². The quantitative estimate of drug-likeness (QED) is 0.553. The Hall–Kier alpha value is -2.79. The van der Waals surface area contributed by atoms with Crippen LogP contribution in [0.15, 0.2) is 60.0 Å². The number of nitrogens with zero attached hydrogens (tertiary/aromatic N) is 1. The predicted octanol–water partition coefficient (Wildman–Crippen LogP) is 5.04. The summed E-state index contributed by atoms with van der Waals surface area (Å²) in [4.78, 5) is 0. The molecule has 0 aliphatic carbocycles. The minimum atomic E-state index is 0.781. The summed E-state index contributed by atoms with van der Waals surface area (Å²) in [5, 5.41) is 14.2. The van der Waals surface area contributed by atoms with Crippen molar-refractivity contribution < 1.29 is 4.74 Å². The molecule has 114 valence electrons. The van der Waals surface area contributed by atoms with E-state index >= 15 is 0 Å². The first-order chi connectivity index (χ1) is 11.3. The number of hydrogen-bond donors (Lipinski definition) is 2. The summed E-state index contributed by atoms with van der Waals surface area (Å²) in [5.41, 5.74) is 3.13. The second-order valence-corrected chi connectivity index (χ2v) is 6.08. The van der Waals surface area contributed by atoms with Crippen molar-refractivity contribution in [1.82, 2.24) is 10.2 Å². The van der Waals surface area contributed by atoms with Gasteiger partial charge in [-0.15, -0.1) is 11.3 Å². The zero-order valence-electron chi connectivity index (χ0n) is 12.5. The van der Waals surface area contributed by atoms with Crippen molar-refractivity contribution >= 4 is 32.9 Å². The number of nitrogens with one attached hydrogen (secondary N) is 2. The largest absolute Gasteiger partial charge is 0.497 e. The van der Waals surface area contributed by atoms with Crippen LogP contribution in [0, 0.1) is 0 Å². The molecule has 0 bridgehead atoms. The van der Waals surface area contributed by atoms with Crippen LogP contribution in [0.1, 0.15) is 0 Å². The van der Waals surface area contributed by atoms with Crippen molar-refractivity contribution in [2.75, 3.05) is 12.4 Å². The predicted molar refractivity (Wildman–Crippen MR) is 95.7 cm³/mol. The number of anilines is 2. The number of rotatable bonds is 4. The highest BCUT2D eigenvalue weighted by Crippen LogP contribution is 2.34. The molecule has 5 heteroatoms. The van der Waals surface area contributed by atoms with Crippen LogP contribution in [-0.4, -0.2) is 17.3 Å². The van der Waals surface area contributed by atoms with Gasteiger partial charge in [0.2, 0.25) is 0 Å². The number of fused-ring (bicyclic) bond motifs is 1. The van der Waals surface area contributed by atoms with Gasteiger partial charge >= 0.3 is 0 Å². The Balaban J connectivity index is 1.64. The van der Waals surface area contributed by atoms with Crippen molar-refractivity contribution in [1.29, 1.82) is 0 Å². The summed E-state index contributed by atoms with van der Waals surface area (Å²) < 4.78 is 6.52. The fraction of sp³-hybridized carbons (Fsp3) is 0.0556. The smallest absolute Gasteiger partial charge is 0.152 e. The Morgan fingerprint density at radius 2 is 2.00 bits per heavy atom. The normalized spacial score (nSPS) is 10.8. The lowest BCUT2D eigenvalue weighted by molar-refractivity contribution is 0.415. The summed E-state index contributed by atoms with van der Waals surface area (Å²) in [6.45, 7) is 0. The number of H-pyrrole nitrogens is 1. The Morgan fingerprint density at radius 3 is 2.91 bits per heavy atom. The average Bonchev–Trinajstić information content (AvgIpc) is 3.21. The van der Waals surface area contributed by atoms with Crippen molar-refractivity contribution in [3.8, 4) is 17.0 Å². The van der Waals surface area contributed by atoms with Gasteiger partial charge in [-0.2, -0.15) is 5.10 Å². The molecule has 0 amide bonds. The number of methoxy groups -OCH3 is 1. The molecule has 0 unspecified atom stereocenters. The Kier molecular flexibility index (Phi) is 3.48. The highest BCUT2D eigenvalue weighted by atomic mass is 32.1. The minimum absolute atomic E-state index is 0.781. The van der Waals surface area contributed by atoms with Crippen molar-refractivity contribution in [3.63, 3.8) is 0 Å². The average molecular weight is 321 g/mol. The van der Waals surface area contributed by atoms with Crippen molar-refractivity contribution in [2.24, 2.45) is 0 Å². The summed E-state index contributed by atoms with van der Waals surface area (Å²) in [6.07, 6.45) is 0. The highest BCUT2D eigenvalue weighted by molar-refractivity contribution is 7.17. The van der Waals surface area contributed by atoms with Crippen LogP contribution in [0.5, 0.6) is 5.75 Å². The Morgan fingerprint density at radius 1 is 1.09 bits per heavy atom. The van der Waals surface area contributed by atoms with Crippen LogP contribution in [0.25, 0.3) is 21.3 Å². The number of benzene rings is 2. The summed E-state index contributed by atoms with van der Waals surface area (Å²) in [7, 11) is 1.66. The Labute approximate surface area is 137 Å². The van der Waals surface area contributed by atoms with Gasteiger partial charge in [0.25, 0.3) is 0 Å². The van der Waals surface area contributed by atoms with E-state index in [1.807, 2.05) is 30.3 Å². The number of aromatic amines is 1. The van der Waals surface area contributed by atoms with Crippen LogP contribution >= 0.6 is 11.3 Å². The van der Waals surface area contributed by atoms with Gasteiger partial charge in [0.1, 0.15) is 5.75 Å². The van der Waals surface area contributed by atoms with Gasteiger partial charge < -0.3 is 10.1 Å². The maximum Gasteiger partial charge on any atom is 0.152 e. The van der Waals surface area contributed by atoms with Gasteiger partial charge in [0, 0.05) is 38.8 Å². The molecule has 0 atom stereocenters. The van der Waals surface area contributed by atoms with Crippen LogP contribution < -0.4 is 10.1 Å². The molecular weight excluding hydrogens is 306 g/mol. The summed E-state index contributed by atoms with van der Waals surface area (Å²) in [6, 6.07) is 18.2. The lowest BCUT2D eigenvalue weighted by Crippen LogP contribution is -1.91. The van der Waals surface area contributed by atoms with Gasteiger partial charge in [-0.25, -0.2) is 0 Å². The third-order valence-corrected chi connectivity index (χ3v) is 4.65. The van der Waals surface area contributed by atoms with Crippen molar-refractivity contribution in [2.45, 2.75) is 0 Å². The molecule has 0 radical (unpaired) electrons. The molecule has 4 nitrogen and oxygen atoms in total. The number of aromatic nitrogens is 2. The topological polar surface area (TPSA) is 49.9 Å². The molecule has 2 aromatic heterocycles. The minimum Gasteiger partial charge on any atom is -0.497 e. The molecule has 23 heavy (non-hydrogen) atoms. The molecule has 0 aliphatic heterocycles. The number of ether oxygens (including phenoxy) is 1.